The molecule has 0 saturated carbocycles. The fraction of sp³-hybridized carbons (Fsp3) is 0.583. The second-order valence-electron chi connectivity index (χ2n) is 9.36. The lowest BCUT2D eigenvalue weighted by Crippen LogP contribution is -2.34. The number of alkyl halides is 3. The van der Waals surface area contributed by atoms with E-state index < -0.39 is 12.1 Å². The number of carboxylic acid groups (broad SMARTS) is 1. The summed E-state index contributed by atoms with van der Waals surface area (Å²) in [6.45, 7) is 8.30. The van der Waals surface area contributed by atoms with Gasteiger partial charge in [-0.25, -0.2) is 14.8 Å². The van der Waals surface area contributed by atoms with Crippen LogP contribution in [0.25, 0.3) is 0 Å². The maximum atomic E-state index is 13.3. The van der Waals surface area contributed by atoms with Crippen molar-refractivity contribution in [2.75, 3.05) is 18.4 Å². The predicted molar refractivity (Wildman–Crippen MR) is 124 cm³/mol. The van der Waals surface area contributed by atoms with Crippen LogP contribution in [0.1, 0.15) is 81.2 Å². The van der Waals surface area contributed by atoms with E-state index in [1.54, 1.807) is 12.5 Å². The van der Waals surface area contributed by atoms with Crippen LogP contribution in [0.2, 0.25) is 0 Å². The Labute approximate surface area is 202 Å². The SMILES string of the molecule is CC(C)(C)c1ncc(C(=O)N2CCCCCCCC2)c(NCc2ccco2)n1.O=C(O)C(F)(F)F. The van der Waals surface area contributed by atoms with Crippen molar-refractivity contribution in [2.24, 2.45) is 0 Å². The van der Waals surface area contributed by atoms with Gasteiger partial charge in [0.15, 0.2) is 0 Å². The third-order valence-corrected chi connectivity index (χ3v) is 5.34. The Bertz CT molecular complexity index is 947. The molecule has 35 heavy (non-hydrogen) atoms. The summed E-state index contributed by atoms with van der Waals surface area (Å²) >= 11 is 0. The van der Waals surface area contributed by atoms with Crippen LogP contribution in [-0.4, -0.2) is 51.1 Å². The normalized spacial score (nSPS) is 15.2. The molecule has 1 aliphatic rings. The summed E-state index contributed by atoms with van der Waals surface area (Å²) < 4.78 is 37.1. The Hall–Kier alpha value is -3.11. The van der Waals surface area contributed by atoms with Crippen LogP contribution in [0.3, 0.4) is 0 Å². The maximum Gasteiger partial charge on any atom is 0.490 e. The van der Waals surface area contributed by atoms with Crippen molar-refractivity contribution < 1.29 is 32.3 Å². The zero-order valence-corrected chi connectivity index (χ0v) is 20.3. The Morgan fingerprint density at radius 2 is 1.66 bits per heavy atom. The van der Waals surface area contributed by atoms with Crippen LogP contribution >= 0.6 is 0 Å². The molecule has 0 bridgehead atoms. The number of carboxylic acids is 1. The minimum Gasteiger partial charge on any atom is -0.475 e. The molecule has 1 saturated heterocycles. The lowest BCUT2D eigenvalue weighted by Gasteiger charge is -2.24. The molecule has 11 heteroatoms. The molecule has 1 aliphatic heterocycles. The summed E-state index contributed by atoms with van der Waals surface area (Å²) in [6.07, 6.45) is 5.27. The van der Waals surface area contributed by atoms with E-state index in [9.17, 15) is 18.0 Å². The highest BCUT2D eigenvalue weighted by atomic mass is 19.4. The number of amides is 1. The van der Waals surface area contributed by atoms with Crippen LogP contribution in [0.4, 0.5) is 19.0 Å². The number of rotatable bonds is 4. The van der Waals surface area contributed by atoms with E-state index in [-0.39, 0.29) is 11.3 Å². The molecular weight excluding hydrogens is 465 g/mol. The minimum atomic E-state index is -5.08. The molecule has 2 aromatic heterocycles. The largest absolute Gasteiger partial charge is 0.490 e. The number of carbonyl (C=O) groups excluding carboxylic acids is 1. The summed E-state index contributed by atoms with van der Waals surface area (Å²) in [7, 11) is 0. The first-order valence-electron chi connectivity index (χ1n) is 11.6. The van der Waals surface area contributed by atoms with Crippen molar-refractivity contribution in [1.82, 2.24) is 14.9 Å². The van der Waals surface area contributed by atoms with Crippen LogP contribution < -0.4 is 5.32 Å². The first kappa shape index (κ1) is 28.1. The second kappa shape index (κ2) is 12.6. The van der Waals surface area contributed by atoms with Gasteiger partial charge in [0.2, 0.25) is 0 Å². The summed E-state index contributed by atoms with van der Waals surface area (Å²) in [4.78, 5) is 33.4. The van der Waals surface area contributed by atoms with E-state index >= 15 is 0 Å². The van der Waals surface area contributed by atoms with Crippen LogP contribution in [-0.2, 0) is 16.8 Å². The summed E-state index contributed by atoms with van der Waals surface area (Å²) in [6, 6.07) is 3.76. The number of nitrogens with one attached hydrogen (secondary N) is 1. The van der Waals surface area contributed by atoms with Gasteiger partial charge in [0.25, 0.3) is 5.91 Å². The van der Waals surface area contributed by atoms with E-state index in [2.05, 4.69) is 31.1 Å². The number of hydrogen-bond donors (Lipinski definition) is 2. The molecule has 0 atom stereocenters. The average Bonchev–Trinajstić information content (AvgIpc) is 3.33. The van der Waals surface area contributed by atoms with Crippen molar-refractivity contribution in [3.63, 3.8) is 0 Å². The van der Waals surface area contributed by atoms with Crippen molar-refractivity contribution in [2.45, 2.75) is 77.4 Å². The summed E-state index contributed by atoms with van der Waals surface area (Å²) in [5, 5.41) is 10.4. The van der Waals surface area contributed by atoms with E-state index in [1.807, 2.05) is 17.0 Å². The monoisotopic (exact) mass is 498 g/mol. The van der Waals surface area contributed by atoms with Crippen molar-refractivity contribution >= 4 is 17.7 Å². The predicted octanol–water partition coefficient (Wildman–Crippen LogP) is 5.41. The highest BCUT2D eigenvalue weighted by Crippen LogP contribution is 2.24. The topological polar surface area (TPSA) is 109 Å². The first-order valence-corrected chi connectivity index (χ1v) is 11.6. The number of aromatic nitrogens is 2. The molecule has 0 aliphatic carbocycles. The van der Waals surface area contributed by atoms with Gasteiger partial charge in [-0.3, -0.25) is 4.79 Å². The molecule has 0 aromatic carbocycles. The van der Waals surface area contributed by atoms with Crippen molar-refractivity contribution in [3.05, 3.63) is 41.7 Å². The molecule has 8 nitrogen and oxygen atoms in total. The number of hydrogen-bond acceptors (Lipinski definition) is 6. The number of anilines is 1. The Balaban J connectivity index is 0.000000540. The number of furan rings is 1. The van der Waals surface area contributed by atoms with Crippen LogP contribution in [0, 0.1) is 0 Å². The molecule has 3 heterocycles. The van der Waals surface area contributed by atoms with Crippen molar-refractivity contribution in [3.8, 4) is 0 Å². The lowest BCUT2D eigenvalue weighted by molar-refractivity contribution is -0.192. The molecule has 0 radical (unpaired) electrons. The van der Waals surface area contributed by atoms with Gasteiger partial charge in [0, 0.05) is 24.7 Å². The summed E-state index contributed by atoms with van der Waals surface area (Å²) in [5.74, 6) is -0.634. The Morgan fingerprint density at radius 1 is 1.09 bits per heavy atom. The van der Waals surface area contributed by atoms with E-state index in [1.165, 1.54) is 25.7 Å². The second-order valence-corrected chi connectivity index (χ2v) is 9.36. The van der Waals surface area contributed by atoms with Gasteiger partial charge >= 0.3 is 12.1 Å². The minimum absolute atomic E-state index is 0.0179. The molecule has 2 N–H and O–H groups in total. The van der Waals surface area contributed by atoms with Crippen LogP contribution in [0.5, 0.6) is 0 Å². The molecular formula is C24H33F3N4O4. The Morgan fingerprint density at radius 3 is 2.14 bits per heavy atom. The van der Waals surface area contributed by atoms with Gasteiger partial charge in [0.1, 0.15) is 23.0 Å². The highest BCUT2D eigenvalue weighted by Gasteiger charge is 2.38. The van der Waals surface area contributed by atoms with Crippen molar-refractivity contribution in [1.29, 1.82) is 0 Å². The molecule has 0 spiro atoms. The smallest absolute Gasteiger partial charge is 0.475 e. The molecule has 1 amide bonds. The van der Waals surface area contributed by atoms with Crippen LogP contribution in [0.15, 0.2) is 29.0 Å². The van der Waals surface area contributed by atoms with E-state index in [0.29, 0.717) is 17.9 Å². The Kier molecular flexibility index (Phi) is 10.1. The quantitative estimate of drug-likeness (QED) is 0.580. The molecule has 194 valence electrons. The standard InChI is InChI=1S/C22H32N4O2.C2HF3O2/c1-22(2,3)21-24-16-18(19(25-21)23-15-17-11-10-14-28-17)20(27)26-12-8-6-4-5-7-9-13-26;3-2(4,5)1(6)7/h10-11,14,16H,4-9,12-13,15H2,1-3H3,(H,23,24,25);(H,6,7). The third-order valence-electron chi connectivity index (χ3n) is 5.34. The van der Waals surface area contributed by atoms with E-state index in [4.69, 9.17) is 19.3 Å². The third kappa shape index (κ3) is 9.22. The number of carbonyl (C=O) groups is 2. The highest BCUT2D eigenvalue weighted by molar-refractivity contribution is 5.98. The zero-order chi connectivity index (χ0) is 26.1. The maximum absolute atomic E-state index is 13.3. The summed E-state index contributed by atoms with van der Waals surface area (Å²) in [5.41, 5.74) is 0.347. The fourth-order valence-corrected chi connectivity index (χ4v) is 3.42. The lowest BCUT2D eigenvalue weighted by atomic mass is 9.95. The number of aliphatic carboxylic acids is 1. The van der Waals surface area contributed by atoms with Gasteiger partial charge < -0.3 is 19.7 Å². The molecule has 2 aromatic rings. The first-order chi connectivity index (χ1) is 16.4. The molecule has 1 fully saturated rings. The van der Waals surface area contributed by atoms with Gasteiger partial charge in [-0.15, -0.1) is 0 Å². The van der Waals surface area contributed by atoms with Gasteiger partial charge in [-0.1, -0.05) is 46.5 Å². The molecule has 0 unspecified atom stereocenters. The average molecular weight is 499 g/mol. The zero-order valence-electron chi connectivity index (χ0n) is 20.3. The number of nitrogens with zero attached hydrogens (tertiary/aromatic N) is 3. The van der Waals surface area contributed by atoms with Gasteiger partial charge in [-0.2, -0.15) is 13.2 Å². The van der Waals surface area contributed by atoms with Gasteiger partial charge in [0.05, 0.1) is 12.8 Å². The van der Waals surface area contributed by atoms with Gasteiger partial charge in [-0.05, 0) is 25.0 Å². The van der Waals surface area contributed by atoms with E-state index in [0.717, 1.165) is 37.5 Å². The fourth-order valence-electron chi connectivity index (χ4n) is 3.42. The molecule has 3 rings (SSSR count). The number of halogens is 3.